The Labute approximate surface area is 155 Å². The van der Waals surface area contributed by atoms with Crippen LogP contribution in [0.3, 0.4) is 0 Å². The lowest BCUT2D eigenvalue weighted by Crippen LogP contribution is -2.37. The Bertz CT molecular complexity index is 856. The summed E-state index contributed by atoms with van der Waals surface area (Å²) < 4.78 is 25.0. The van der Waals surface area contributed by atoms with Crippen molar-refractivity contribution in [3.8, 4) is 0 Å². The van der Waals surface area contributed by atoms with Gasteiger partial charge in [0.15, 0.2) is 9.84 Å². The molecule has 1 amide bonds. The van der Waals surface area contributed by atoms with Crippen LogP contribution < -0.4 is 11.1 Å². The first-order valence-corrected chi connectivity index (χ1v) is 10.2. The highest BCUT2D eigenvalue weighted by molar-refractivity contribution is 7.91. The Balaban J connectivity index is 2.09. The molecule has 0 heterocycles. The standard InChI is InChI=1S/C20H26N2O3S/c1-20(2,3)14-26(24,25)17-11-7-10-16(13-17)22-19(23)18(21)12-15-8-5-4-6-9-15/h4-11,13,18H,12,14,21H2,1-3H3,(H,22,23)/t18-/m0/s1. The molecule has 1 atom stereocenters. The fraction of sp³-hybridized carbons (Fsp3) is 0.350. The molecule has 3 N–H and O–H groups in total. The number of hydrogen-bond acceptors (Lipinski definition) is 4. The van der Waals surface area contributed by atoms with Gasteiger partial charge in [-0.25, -0.2) is 8.42 Å². The average Bonchev–Trinajstić information content (AvgIpc) is 2.54. The number of hydrogen-bond donors (Lipinski definition) is 2. The minimum Gasteiger partial charge on any atom is -0.325 e. The minimum atomic E-state index is -3.43. The molecule has 2 aromatic rings. The average molecular weight is 375 g/mol. The molecule has 0 saturated carbocycles. The Morgan fingerprint density at radius 3 is 2.35 bits per heavy atom. The van der Waals surface area contributed by atoms with Crippen LogP contribution in [0.5, 0.6) is 0 Å². The lowest BCUT2D eigenvalue weighted by atomic mass is 10.0. The third-order valence-electron chi connectivity index (χ3n) is 3.72. The molecule has 0 aliphatic rings. The van der Waals surface area contributed by atoms with Crippen molar-refractivity contribution in [3.05, 3.63) is 60.2 Å². The highest BCUT2D eigenvalue weighted by atomic mass is 32.2. The van der Waals surface area contributed by atoms with E-state index < -0.39 is 15.9 Å². The van der Waals surface area contributed by atoms with Crippen molar-refractivity contribution in [1.29, 1.82) is 0 Å². The van der Waals surface area contributed by atoms with Crippen LogP contribution in [0, 0.1) is 5.41 Å². The maximum absolute atomic E-state index is 12.5. The zero-order valence-electron chi connectivity index (χ0n) is 15.4. The molecule has 0 unspecified atom stereocenters. The molecule has 140 valence electrons. The molecule has 5 nitrogen and oxygen atoms in total. The Hall–Kier alpha value is -2.18. The van der Waals surface area contributed by atoms with Gasteiger partial charge in [0.1, 0.15) is 0 Å². The second-order valence-electron chi connectivity index (χ2n) is 7.63. The molecule has 0 bridgehead atoms. The van der Waals surface area contributed by atoms with Crippen molar-refractivity contribution in [2.24, 2.45) is 11.1 Å². The van der Waals surface area contributed by atoms with Gasteiger partial charge in [0.2, 0.25) is 5.91 Å². The van der Waals surface area contributed by atoms with E-state index in [0.29, 0.717) is 12.1 Å². The van der Waals surface area contributed by atoms with E-state index >= 15 is 0 Å². The Morgan fingerprint density at radius 1 is 1.08 bits per heavy atom. The number of anilines is 1. The number of carbonyl (C=O) groups is 1. The highest BCUT2D eigenvalue weighted by Gasteiger charge is 2.24. The van der Waals surface area contributed by atoms with Crippen molar-refractivity contribution >= 4 is 21.4 Å². The van der Waals surface area contributed by atoms with Crippen molar-refractivity contribution < 1.29 is 13.2 Å². The number of sulfone groups is 1. The molecule has 0 saturated heterocycles. The molecule has 2 aromatic carbocycles. The van der Waals surface area contributed by atoms with Gasteiger partial charge in [-0.2, -0.15) is 0 Å². The summed E-state index contributed by atoms with van der Waals surface area (Å²) in [6, 6.07) is 15.1. The fourth-order valence-corrected chi connectivity index (χ4v) is 4.52. The van der Waals surface area contributed by atoms with Gasteiger partial charge in [0, 0.05) is 5.69 Å². The SMILES string of the molecule is CC(C)(C)CS(=O)(=O)c1cccc(NC(=O)[C@@H](N)Cc2ccccc2)c1. The van der Waals surface area contributed by atoms with E-state index in [-0.39, 0.29) is 22.0 Å². The zero-order chi connectivity index (χ0) is 19.4. The zero-order valence-corrected chi connectivity index (χ0v) is 16.2. The Morgan fingerprint density at radius 2 is 1.73 bits per heavy atom. The van der Waals surface area contributed by atoms with Crippen molar-refractivity contribution in [2.45, 2.75) is 38.1 Å². The summed E-state index contributed by atoms with van der Waals surface area (Å²) in [7, 11) is -3.43. The smallest absolute Gasteiger partial charge is 0.241 e. The molecule has 0 aliphatic carbocycles. The van der Waals surface area contributed by atoms with E-state index in [1.165, 1.54) is 6.07 Å². The van der Waals surface area contributed by atoms with Gasteiger partial charge in [0.05, 0.1) is 16.7 Å². The maximum atomic E-state index is 12.5. The molecule has 0 aromatic heterocycles. The third-order valence-corrected chi connectivity index (χ3v) is 5.94. The molecular formula is C20H26N2O3S. The summed E-state index contributed by atoms with van der Waals surface area (Å²) >= 11 is 0. The first kappa shape index (κ1) is 20.1. The monoisotopic (exact) mass is 374 g/mol. The quantitative estimate of drug-likeness (QED) is 0.813. The van der Waals surface area contributed by atoms with Crippen LogP contribution in [-0.2, 0) is 21.1 Å². The van der Waals surface area contributed by atoms with E-state index in [2.05, 4.69) is 5.32 Å². The summed E-state index contributed by atoms with van der Waals surface area (Å²) in [6.07, 6.45) is 0.411. The van der Waals surface area contributed by atoms with E-state index in [9.17, 15) is 13.2 Å². The summed E-state index contributed by atoms with van der Waals surface area (Å²) in [5, 5.41) is 2.71. The van der Waals surface area contributed by atoms with Gasteiger partial charge in [-0.1, -0.05) is 57.2 Å². The second-order valence-corrected chi connectivity index (χ2v) is 9.62. The molecule has 6 heteroatoms. The minimum absolute atomic E-state index is 0.0327. The van der Waals surface area contributed by atoms with Gasteiger partial charge in [-0.05, 0) is 35.6 Å². The Kier molecular flexibility index (Phi) is 6.21. The van der Waals surface area contributed by atoms with E-state index in [4.69, 9.17) is 5.73 Å². The predicted octanol–water partition coefficient (Wildman–Crippen LogP) is 3.01. The molecule has 0 radical (unpaired) electrons. The van der Waals surface area contributed by atoms with Crippen molar-refractivity contribution in [2.75, 3.05) is 11.1 Å². The van der Waals surface area contributed by atoms with Gasteiger partial charge in [-0.3, -0.25) is 4.79 Å². The van der Waals surface area contributed by atoms with Gasteiger partial charge in [0.25, 0.3) is 0 Å². The summed E-state index contributed by atoms with van der Waals surface area (Å²) in [5.41, 5.74) is 7.02. The molecule has 2 rings (SSSR count). The van der Waals surface area contributed by atoms with Gasteiger partial charge >= 0.3 is 0 Å². The maximum Gasteiger partial charge on any atom is 0.241 e. The summed E-state index contributed by atoms with van der Waals surface area (Å²) in [6.45, 7) is 5.62. The normalized spacial score (nSPS) is 13.2. The van der Waals surface area contributed by atoms with Gasteiger partial charge in [-0.15, -0.1) is 0 Å². The fourth-order valence-electron chi connectivity index (χ4n) is 2.62. The number of rotatable bonds is 6. The molecule has 0 aliphatic heterocycles. The predicted molar refractivity (Wildman–Crippen MR) is 105 cm³/mol. The molecule has 26 heavy (non-hydrogen) atoms. The van der Waals surface area contributed by atoms with E-state index in [1.54, 1.807) is 18.2 Å². The van der Waals surface area contributed by atoms with Crippen LogP contribution in [0.2, 0.25) is 0 Å². The molecule has 0 fully saturated rings. The lowest BCUT2D eigenvalue weighted by molar-refractivity contribution is -0.117. The van der Waals surface area contributed by atoms with Crippen molar-refractivity contribution in [1.82, 2.24) is 0 Å². The highest BCUT2D eigenvalue weighted by Crippen LogP contribution is 2.24. The third kappa shape index (κ3) is 5.97. The number of nitrogens with one attached hydrogen (secondary N) is 1. The molecular weight excluding hydrogens is 348 g/mol. The number of carbonyl (C=O) groups excluding carboxylic acids is 1. The van der Waals surface area contributed by atoms with E-state index in [1.807, 2.05) is 51.1 Å². The number of benzene rings is 2. The van der Waals surface area contributed by atoms with Crippen LogP contribution in [0.25, 0.3) is 0 Å². The summed E-state index contributed by atoms with van der Waals surface area (Å²) in [5.74, 6) is -0.315. The number of nitrogens with two attached hydrogens (primary N) is 1. The van der Waals surface area contributed by atoms with Crippen LogP contribution in [-0.4, -0.2) is 26.1 Å². The lowest BCUT2D eigenvalue weighted by Gasteiger charge is -2.18. The van der Waals surface area contributed by atoms with Gasteiger partial charge < -0.3 is 11.1 Å². The van der Waals surface area contributed by atoms with Crippen LogP contribution >= 0.6 is 0 Å². The largest absolute Gasteiger partial charge is 0.325 e. The van der Waals surface area contributed by atoms with Crippen LogP contribution in [0.4, 0.5) is 5.69 Å². The topological polar surface area (TPSA) is 89.3 Å². The first-order valence-electron chi connectivity index (χ1n) is 8.50. The summed E-state index contributed by atoms with van der Waals surface area (Å²) in [4.78, 5) is 12.5. The van der Waals surface area contributed by atoms with Crippen LogP contribution in [0.15, 0.2) is 59.5 Å². The van der Waals surface area contributed by atoms with E-state index in [0.717, 1.165) is 5.56 Å². The van der Waals surface area contributed by atoms with Crippen LogP contribution in [0.1, 0.15) is 26.3 Å². The number of amides is 1. The first-order chi connectivity index (χ1) is 12.1. The van der Waals surface area contributed by atoms with Crippen molar-refractivity contribution in [3.63, 3.8) is 0 Å². The molecule has 0 spiro atoms. The second kappa shape index (κ2) is 8.01.